The van der Waals surface area contributed by atoms with E-state index in [-0.39, 0.29) is 40.3 Å². The molecule has 4 heterocycles. The number of nitrogens with zero attached hydrogens (tertiary/aromatic N) is 3. The highest BCUT2D eigenvalue weighted by molar-refractivity contribution is 6.31. The topological polar surface area (TPSA) is 74.7 Å². The average molecular weight is 577 g/mol. The summed E-state index contributed by atoms with van der Waals surface area (Å²) in [6.45, 7) is 5.63. The minimum atomic E-state index is -0.534. The van der Waals surface area contributed by atoms with Crippen LogP contribution in [0.15, 0.2) is 59.4 Å². The molecule has 2 aromatic carbocycles. The molecule has 7 nitrogen and oxygen atoms in total. The van der Waals surface area contributed by atoms with E-state index in [4.69, 9.17) is 11.6 Å². The Kier molecular flexibility index (Phi) is 7.60. The summed E-state index contributed by atoms with van der Waals surface area (Å²) in [7, 11) is 0. The molecule has 0 aliphatic carbocycles. The third-order valence-corrected chi connectivity index (χ3v) is 9.04. The van der Waals surface area contributed by atoms with Gasteiger partial charge in [0.2, 0.25) is 5.91 Å². The van der Waals surface area contributed by atoms with Crippen molar-refractivity contribution in [2.24, 2.45) is 11.8 Å². The minimum absolute atomic E-state index is 0.0281. The third kappa shape index (κ3) is 5.62. The first-order chi connectivity index (χ1) is 19.8. The van der Waals surface area contributed by atoms with E-state index in [1.165, 1.54) is 12.1 Å². The van der Waals surface area contributed by atoms with Crippen molar-refractivity contribution in [1.29, 1.82) is 0 Å². The Morgan fingerprint density at radius 1 is 1.05 bits per heavy atom. The molecule has 3 atom stereocenters. The maximum Gasteiger partial charge on any atom is 0.253 e. The third-order valence-electron chi connectivity index (χ3n) is 8.68. The zero-order valence-electron chi connectivity index (χ0n) is 23.1. The molecule has 3 aromatic rings. The lowest BCUT2D eigenvalue weighted by atomic mass is 9.83. The number of benzene rings is 2. The number of halogens is 2. The number of nitrogens with one attached hydrogen (secondary N) is 1. The number of carbonyl (C=O) groups excluding carboxylic acids is 2. The summed E-state index contributed by atoms with van der Waals surface area (Å²) in [5.41, 5.74) is 3.03. The van der Waals surface area contributed by atoms with Crippen molar-refractivity contribution in [3.8, 4) is 0 Å². The number of pyridine rings is 1. The van der Waals surface area contributed by atoms with Gasteiger partial charge in [0.1, 0.15) is 5.82 Å². The molecule has 1 aromatic heterocycles. The minimum Gasteiger partial charge on any atom is -0.369 e. The molecule has 3 aliphatic heterocycles. The van der Waals surface area contributed by atoms with Crippen LogP contribution < -0.4 is 15.8 Å². The SMILES string of the molecule is CC1CCCN(C(=O)c2ccc(N3CC4CC(C3)c3cccc(=O)n3C4)c(NC(=O)Cc3c(F)cccc3Cl)c2)C1. The Hall–Kier alpha value is -3.65. The molecule has 214 valence electrons. The van der Waals surface area contributed by atoms with Crippen molar-refractivity contribution in [1.82, 2.24) is 9.47 Å². The van der Waals surface area contributed by atoms with E-state index in [0.29, 0.717) is 43.3 Å². The largest absolute Gasteiger partial charge is 0.369 e. The van der Waals surface area contributed by atoms with Crippen LogP contribution in [0.2, 0.25) is 5.02 Å². The van der Waals surface area contributed by atoms with Gasteiger partial charge in [-0.2, -0.15) is 0 Å². The van der Waals surface area contributed by atoms with Crippen LogP contribution in [-0.4, -0.2) is 47.5 Å². The van der Waals surface area contributed by atoms with E-state index >= 15 is 0 Å². The lowest BCUT2D eigenvalue weighted by Crippen LogP contribution is -2.47. The van der Waals surface area contributed by atoms with Gasteiger partial charge >= 0.3 is 0 Å². The van der Waals surface area contributed by atoms with E-state index in [1.807, 2.05) is 33.7 Å². The highest BCUT2D eigenvalue weighted by Gasteiger charge is 2.35. The number of amides is 2. The molecule has 1 N–H and O–H groups in total. The van der Waals surface area contributed by atoms with E-state index in [9.17, 15) is 18.8 Å². The molecular formula is C32H34ClFN4O3. The summed E-state index contributed by atoms with van der Waals surface area (Å²) >= 11 is 6.20. The number of aromatic nitrogens is 1. The normalized spacial score (nSPS) is 21.8. The predicted molar refractivity (Wildman–Crippen MR) is 158 cm³/mol. The van der Waals surface area contributed by atoms with Crippen LogP contribution in [0.25, 0.3) is 0 Å². The van der Waals surface area contributed by atoms with Crippen molar-refractivity contribution in [3.63, 3.8) is 0 Å². The summed E-state index contributed by atoms with van der Waals surface area (Å²) in [4.78, 5) is 43.4. The van der Waals surface area contributed by atoms with Crippen LogP contribution in [-0.2, 0) is 17.8 Å². The molecule has 2 bridgehead atoms. The lowest BCUT2D eigenvalue weighted by Gasteiger charge is -2.44. The summed E-state index contributed by atoms with van der Waals surface area (Å²) in [5.74, 6) is -0.108. The van der Waals surface area contributed by atoms with Gasteiger partial charge in [-0.25, -0.2) is 4.39 Å². The fourth-order valence-electron chi connectivity index (χ4n) is 6.75. The van der Waals surface area contributed by atoms with Crippen LogP contribution >= 0.6 is 11.6 Å². The smallest absolute Gasteiger partial charge is 0.253 e. The van der Waals surface area contributed by atoms with Crippen molar-refractivity contribution < 1.29 is 14.0 Å². The predicted octanol–water partition coefficient (Wildman–Crippen LogP) is 5.32. The number of hydrogen-bond acceptors (Lipinski definition) is 4. The van der Waals surface area contributed by atoms with Crippen molar-refractivity contribution in [2.75, 3.05) is 36.4 Å². The molecule has 2 saturated heterocycles. The van der Waals surface area contributed by atoms with Crippen LogP contribution in [0.4, 0.5) is 15.8 Å². The van der Waals surface area contributed by atoms with Gasteiger partial charge in [-0.3, -0.25) is 14.4 Å². The van der Waals surface area contributed by atoms with Crippen LogP contribution in [0, 0.1) is 17.7 Å². The van der Waals surface area contributed by atoms with Crippen molar-refractivity contribution >= 4 is 34.8 Å². The summed E-state index contributed by atoms with van der Waals surface area (Å²) in [6, 6.07) is 15.3. The van der Waals surface area contributed by atoms with Crippen LogP contribution in [0.1, 0.15) is 53.7 Å². The van der Waals surface area contributed by atoms with Gasteiger partial charge in [-0.1, -0.05) is 30.7 Å². The van der Waals surface area contributed by atoms with E-state index in [0.717, 1.165) is 37.2 Å². The first kappa shape index (κ1) is 27.5. The van der Waals surface area contributed by atoms with Gasteiger partial charge in [0.05, 0.1) is 17.8 Å². The quantitative estimate of drug-likeness (QED) is 0.446. The van der Waals surface area contributed by atoms with E-state index < -0.39 is 11.7 Å². The fourth-order valence-corrected chi connectivity index (χ4v) is 6.98. The second-order valence-corrected chi connectivity index (χ2v) is 12.2. The summed E-state index contributed by atoms with van der Waals surface area (Å²) in [6.07, 6.45) is 2.85. The van der Waals surface area contributed by atoms with Crippen LogP contribution in [0.5, 0.6) is 0 Å². The maximum atomic E-state index is 14.5. The van der Waals surface area contributed by atoms with Crippen LogP contribution in [0.3, 0.4) is 0 Å². The Morgan fingerprint density at radius 3 is 2.68 bits per heavy atom. The molecule has 3 unspecified atom stereocenters. The molecule has 0 radical (unpaired) electrons. The van der Waals surface area contributed by atoms with Gasteiger partial charge in [-0.05, 0) is 67.5 Å². The number of rotatable bonds is 5. The monoisotopic (exact) mass is 576 g/mol. The molecule has 9 heteroatoms. The lowest BCUT2D eigenvalue weighted by molar-refractivity contribution is -0.115. The van der Waals surface area contributed by atoms with Gasteiger partial charge in [0.15, 0.2) is 0 Å². The van der Waals surface area contributed by atoms with E-state index in [2.05, 4.69) is 17.1 Å². The zero-order valence-corrected chi connectivity index (χ0v) is 23.9. The van der Waals surface area contributed by atoms with Crippen molar-refractivity contribution in [3.05, 3.63) is 92.6 Å². The Bertz CT molecular complexity index is 1540. The standard InChI is InChI=1S/C32H34ClFN4O3/c1-20-5-4-12-36(16-20)32(41)22-10-11-29(27(14-22)35-30(39)15-24-25(33)6-2-7-26(24)34)37-17-21-13-23(19-37)28-8-3-9-31(40)38(28)18-21/h2-3,6-11,14,20-21,23H,4-5,12-13,15-19H2,1H3,(H,35,39). The van der Waals surface area contributed by atoms with Gasteiger partial charge in [0.25, 0.3) is 11.5 Å². The second-order valence-electron chi connectivity index (χ2n) is 11.8. The Morgan fingerprint density at radius 2 is 1.88 bits per heavy atom. The Balaban J connectivity index is 1.31. The first-order valence-corrected chi connectivity index (χ1v) is 14.8. The molecule has 3 aliphatic rings. The molecule has 0 spiro atoms. The highest BCUT2D eigenvalue weighted by Crippen LogP contribution is 2.39. The molecule has 6 rings (SSSR count). The molecule has 2 amide bonds. The maximum absolute atomic E-state index is 14.5. The number of anilines is 2. The zero-order chi connectivity index (χ0) is 28.7. The van der Waals surface area contributed by atoms with Crippen molar-refractivity contribution in [2.45, 2.75) is 45.1 Å². The Labute approximate surface area is 243 Å². The average Bonchev–Trinajstić information content (AvgIpc) is 2.95. The number of piperidine rings is 2. The second kappa shape index (κ2) is 11.3. The van der Waals surface area contributed by atoms with Gasteiger partial charge in [0, 0.05) is 66.6 Å². The summed E-state index contributed by atoms with van der Waals surface area (Å²) in [5, 5.41) is 3.18. The first-order valence-electron chi connectivity index (χ1n) is 14.4. The highest BCUT2D eigenvalue weighted by atomic mass is 35.5. The number of hydrogen-bond donors (Lipinski definition) is 1. The number of likely N-dealkylation sites (tertiary alicyclic amines) is 1. The fraction of sp³-hybridized carbons (Fsp3) is 0.406. The van der Waals surface area contributed by atoms with Gasteiger partial charge < -0.3 is 19.7 Å². The number of carbonyl (C=O) groups is 2. The van der Waals surface area contributed by atoms with Gasteiger partial charge in [-0.15, -0.1) is 0 Å². The summed E-state index contributed by atoms with van der Waals surface area (Å²) < 4.78 is 16.3. The number of fused-ring (bicyclic) bond motifs is 4. The molecule has 2 fully saturated rings. The molecule has 41 heavy (non-hydrogen) atoms. The molecule has 0 saturated carbocycles. The molecular weight excluding hydrogens is 543 g/mol. The van der Waals surface area contributed by atoms with E-state index in [1.54, 1.807) is 18.2 Å².